The molecule has 5 nitrogen and oxygen atoms in total. The number of carbonyl (C=O) groups excluding carboxylic acids is 1. The second-order valence-electron chi connectivity index (χ2n) is 5.29. The number of aromatic nitrogens is 2. The molecule has 2 aromatic rings. The van der Waals surface area contributed by atoms with E-state index >= 15 is 0 Å². The van der Waals surface area contributed by atoms with Crippen LogP contribution in [0.25, 0.3) is 0 Å². The summed E-state index contributed by atoms with van der Waals surface area (Å²) in [6.07, 6.45) is 2.17. The van der Waals surface area contributed by atoms with Gasteiger partial charge in [-0.15, -0.1) is 0 Å². The van der Waals surface area contributed by atoms with E-state index in [0.29, 0.717) is 37.3 Å². The minimum atomic E-state index is 0.0248. The number of ether oxygens (including phenoxy) is 1. The molecule has 0 N–H and O–H groups in total. The van der Waals surface area contributed by atoms with Gasteiger partial charge in [0, 0.05) is 23.2 Å². The average Bonchev–Trinajstić information content (AvgIpc) is 2.57. The van der Waals surface area contributed by atoms with E-state index < -0.39 is 0 Å². The molecule has 0 aliphatic rings. The van der Waals surface area contributed by atoms with Crippen molar-refractivity contribution in [2.75, 3.05) is 6.61 Å². The number of rotatable bonds is 7. The first-order valence-electron chi connectivity index (χ1n) is 7.87. The lowest BCUT2D eigenvalue weighted by Crippen LogP contribution is -2.31. The lowest BCUT2D eigenvalue weighted by molar-refractivity contribution is 0.112. The van der Waals surface area contributed by atoms with Crippen molar-refractivity contribution in [3.8, 4) is 5.75 Å². The Hall–Kier alpha value is -2.43. The molecule has 0 radical (unpaired) electrons. The summed E-state index contributed by atoms with van der Waals surface area (Å²) in [5, 5.41) is 0. The van der Waals surface area contributed by atoms with Gasteiger partial charge in [-0.25, -0.2) is 4.98 Å². The van der Waals surface area contributed by atoms with E-state index in [1.54, 1.807) is 28.8 Å². The first-order chi connectivity index (χ1) is 11.1. The fraction of sp³-hybridized carbons (Fsp3) is 0.389. The van der Waals surface area contributed by atoms with E-state index in [9.17, 15) is 9.59 Å². The largest absolute Gasteiger partial charge is 0.492 e. The third-order valence-corrected chi connectivity index (χ3v) is 3.82. The number of nitrogens with zero attached hydrogens (tertiary/aromatic N) is 2. The Labute approximate surface area is 135 Å². The SMILES string of the molecule is CCc1c(C)nc(CC)n(CCOc2ccc(C=O)cc2)c1=O. The van der Waals surface area contributed by atoms with Crippen molar-refractivity contribution in [3.63, 3.8) is 0 Å². The first-order valence-corrected chi connectivity index (χ1v) is 7.87. The van der Waals surface area contributed by atoms with Crippen molar-refractivity contribution in [2.24, 2.45) is 0 Å². The van der Waals surface area contributed by atoms with Crippen molar-refractivity contribution in [1.82, 2.24) is 9.55 Å². The van der Waals surface area contributed by atoms with E-state index in [4.69, 9.17) is 4.74 Å². The van der Waals surface area contributed by atoms with Gasteiger partial charge in [-0.3, -0.25) is 14.2 Å². The van der Waals surface area contributed by atoms with Gasteiger partial charge < -0.3 is 4.74 Å². The average molecular weight is 314 g/mol. The van der Waals surface area contributed by atoms with Crippen LogP contribution in [0.1, 0.15) is 41.3 Å². The van der Waals surface area contributed by atoms with Crippen molar-refractivity contribution >= 4 is 6.29 Å². The summed E-state index contributed by atoms with van der Waals surface area (Å²) >= 11 is 0. The molecule has 1 aromatic heterocycles. The van der Waals surface area contributed by atoms with E-state index in [2.05, 4.69) is 4.98 Å². The summed E-state index contributed by atoms with van der Waals surface area (Å²) in [4.78, 5) is 27.7. The Morgan fingerprint density at radius 2 is 1.87 bits per heavy atom. The molecule has 0 atom stereocenters. The molecular formula is C18H22N2O3. The highest BCUT2D eigenvalue weighted by Gasteiger charge is 2.11. The predicted molar refractivity (Wildman–Crippen MR) is 89.3 cm³/mol. The number of aldehydes is 1. The van der Waals surface area contributed by atoms with Crippen molar-refractivity contribution in [3.05, 3.63) is 57.3 Å². The van der Waals surface area contributed by atoms with Gasteiger partial charge in [-0.2, -0.15) is 0 Å². The monoisotopic (exact) mass is 314 g/mol. The summed E-state index contributed by atoms with van der Waals surface area (Å²) < 4.78 is 7.36. The van der Waals surface area contributed by atoms with Gasteiger partial charge in [0.2, 0.25) is 0 Å². The van der Waals surface area contributed by atoms with Crippen LogP contribution < -0.4 is 10.3 Å². The minimum absolute atomic E-state index is 0.0248. The Kier molecular flexibility index (Phi) is 5.68. The van der Waals surface area contributed by atoms with E-state index in [0.717, 1.165) is 23.4 Å². The zero-order chi connectivity index (χ0) is 16.8. The van der Waals surface area contributed by atoms with Crippen LogP contribution in [0.3, 0.4) is 0 Å². The minimum Gasteiger partial charge on any atom is -0.492 e. The number of hydrogen-bond donors (Lipinski definition) is 0. The quantitative estimate of drug-likeness (QED) is 0.737. The van der Waals surface area contributed by atoms with Crippen LogP contribution >= 0.6 is 0 Å². The van der Waals surface area contributed by atoms with Crippen molar-refractivity contribution in [2.45, 2.75) is 40.2 Å². The van der Waals surface area contributed by atoms with Gasteiger partial charge in [0.1, 0.15) is 24.5 Å². The molecule has 0 aliphatic carbocycles. The highest BCUT2D eigenvalue weighted by atomic mass is 16.5. The maximum absolute atomic E-state index is 12.6. The lowest BCUT2D eigenvalue weighted by Gasteiger charge is -2.15. The molecule has 1 heterocycles. The number of carbonyl (C=O) groups is 1. The molecule has 23 heavy (non-hydrogen) atoms. The third-order valence-electron chi connectivity index (χ3n) is 3.82. The molecule has 5 heteroatoms. The van der Waals surface area contributed by atoms with E-state index in [-0.39, 0.29) is 5.56 Å². The van der Waals surface area contributed by atoms with Crippen molar-refractivity contribution < 1.29 is 9.53 Å². The number of hydrogen-bond acceptors (Lipinski definition) is 4. The highest BCUT2D eigenvalue weighted by Crippen LogP contribution is 2.11. The van der Waals surface area contributed by atoms with Crippen LogP contribution in [-0.4, -0.2) is 22.4 Å². The van der Waals surface area contributed by atoms with Crippen LogP contribution in [0, 0.1) is 6.92 Å². The summed E-state index contributed by atoms with van der Waals surface area (Å²) in [6.45, 7) is 6.67. The van der Waals surface area contributed by atoms with Crippen LogP contribution in [0.4, 0.5) is 0 Å². The first kappa shape index (κ1) is 16.9. The molecule has 0 amide bonds. The van der Waals surface area contributed by atoms with Crippen LogP contribution in [0.5, 0.6) is 5.75 Å². The zero-order valence-electron chi connectivity index (χ0n) is 13.8. The fourth-order valence-electron chi connectivity index (χ4n) is 2.56. The molecule has 0 saturated carbocycles. The predicted octanol–water partition coefficient (Wildman–Crippen LogP) is 2.57. The Morgan fingerprint density at radius 1 is 1.17 bits per heavy atom. The van der Waals surface area contributed by atoms with Gasteiger partial charge in [-0.05, 0) is 37.6 Å². The normalized spacial score (nSPS) is 10.6. The molecular weight excluding hydrogens is 292 g/mol. The summed E-state index contributed by atoms with van der Waals surface area (Å²) in [5.74, 6) is 1.46. The molecule has 0 unspecified atom stereocenters. The van der Waals surface area contributed by atoms with E-state index in [1.165, 1.54) is 0 Å². The highest BCUT2D eigenvalue weighted by molar-refractivity contribution is 5.74. The lowest BCUT2D eigenvalue weighted by atomic mass is 10.2. The number of benzene rings is 1. The van der Waals surface area contributed by atoms with Gasteiger partial charge >= 0.3 is 0 Å². The van der Waals surface area contributed by atoms with Gasteiger partial charge in [0.15, 0.2) is 0 Å². The molecule has 0 fully saturated rings. The second-order valence-corrected chi connectivity index (χ2v) is 5.29. The van der Waals surface area contributed by atoms with Crippen LogP contribution in [0.2, 0.25) is 0 Å². The maximum atomic E-state index is 12.6. The third kappa shape index (κ3) is 3.86. The van der Waals surface area contributed by atoms with Crippen molar-refractivity contribution in [1.29, 1.82) is 0 Å². The van der Waals surface area contributed by atoms with Gasteiger partial charge in [0.05, 0.1) is 6.54 Å². The smallest absolute Gasteiger partial charge is 0.257 e. The summed E-state index contributed by atoms with van der Waals surface area (Å²) in [6, 6.07) is 6.90. The summed E-state index contributed by atoms with van der Waals surface area (Å²) in [5.41, 5.74) is 2.21. The molecule has 0 aliphatic heterocycles. The van der Waals surface area contributed by atoms with Crippen LogP contribution in [0.15, 0.2) is 29.1 Å². The molecule has 2 rings (SSSR count). The second kappa shape index (κ2) is 7.72. The fourth-order valence-corrected chi connectivity index (χ4v) is 2.56. The van der Waals surface area contributed by atoms with Crippen LogP contribution in [-0.2, 0) is 19.4 Å². The number of aryl methyl sites for hydroxylation is 2. The molecule has 0 spiro atoms. The maximum Gasteiger partial charge on any atom is 0.257 e. The molecule has 0 bridgehead atoms. The standard InChI is InChI=1S/C18H22N2O3/c1-4-16-13(3)19-17(5-2)20(18(16)22)10-11-23-15-8-6-14(12-21)7-9-15/h6-9,12H,4-5,10-11H2,1-3H3. The Morgan fingerprint density at radius 3 is 2.43 bits per heavy atom. The van der Waals surface area contributed by atoms with E-state index in [1.807, 2.05) is 20.8 Å². The van der Waals surface area contributed by atoms with Gasteiger partial charge in [0.25, 0.3) is 5.56 Å². The molecule has 122 valence electrons. The zero-order valence-corrected chi connectivity index (χ0v) is 13.8. The Balaban J connectivity index is 2.13. The topological polar surface area (TPSA) is 61.2 Å². The van der Waals surface area contributed by atoms with Gasteiger partial charge in [-0.1, -0.05) is 13.8 Å². The molecule has 0 saturated heterocycles. The molecule has 1 aromatic carbocycles. The Bertz CT molecular complexity index is 733. The summed E-state index contributed by atoms with van der Waals surface area (Å²) in [7, 11) is 0.